The van der Waals surface area contributed by atoms with Gasteiger partial charge in [-0.15, -0.1) is 10.2 Å². The molecule has 4 rings (SSSR count). The molecule has 0 unspecified atom stereocenters. The Kier molecular flexibility index (Phi) is 5.97. The predicted octanol–water partition coefficient (Wildman–Crippen LogP) is 2.00. The molecule has 33 heavy (non-hydrogen) atoms. The van der Waals surface area contributed by atoms with Crippen molar-refractivity contribution in [3.8, 4) is 10.7 Å². The van der Waals surface area contributed by atoms with Crippen LogP contribution in [0.4, 0.5) is 22.7 Å². The fourth-order valence-electron chi connectivity index (χ4n) is 3.25. The third kappa shape index (κ3) is 4.92. The highest BCUT2D eigenvalue weighted by molar-refractivity contribution is 7.18. The standard InChI is InChI=1S/C18H15F4N7O3S/c19-10-1-2-11(12(7-10)18(20,21)22)16(32)27-3-5-28(6-4-27)17-23-8-13(33-17)15-24-26-29(25-15)9-14(30)31/h1-2,7-8H,3-6,9H2,(H,30,31). The molecule has 1 amide bonds. The number of carboxylic acids is 1. The van der Waals surface area contributed by atoms with Gasteiger partial charge in [0.2, 0.25) is 5.82 Å². The number of carbonyl (C=O) groups is 2. The molecule has 0 bridgehead atoms. The minimum atomic E-state index is -4.85. The summed E-state index contributed by atoms with van der Waals surface area (Å²) >= 11 is 1.23. The average Bonchev–Trinajstić information content (AvgIpc) is 3.42. The number of piperazine rings is 1. The van der Waals surface area contributed by atoms with Crippen molar-refractivity contribution in [2.24, 2.45) is 0 Å². The summed E-state index contributed by atoms with van der Waals surface area (Å²) in [5, 5.41) is 20.8. The number of aromatic nitrogens is 5. The van der Waals surface area contributed by atoms with Gasteiger partial charge in [0, 0.05) is 26.2 Å². The number of halogens is 4. The van der Waals surface area contributed by atoms with Crippen LogP contribution in [0.3, 0.4) is 0 Å². The topological polar surface area (TPSA) is 117 Å². The van der Waals surface area contributed by atoms with E-state index in [1.54, 1.807) is 0 Å². The molecule has 3 heterocycles. The number of hydrogen-bond donors (Lipinski definition) is 1. The zero-order valence-electron chi connectivity index (χ0n) is 16.7. The van der Waals surface area contributed by atoms with Gasteiger partial charge in [-0.3, -0.25) is 9.59 Å². The average molecular weight is 485 g/mol. The molecule has 0 atom stereocenters. The maximum Gasteiger partial charge on any atom is 0.417 e. The van der Waals surface area contributed by atoms with Crippen molar-refractivity contribution in [2.45, 2.75) is 12.7 Å². The van der Waals surface area contributed by atoms with Crippen LogP contribution in [0.15, 0.2) is 24.4 Å². The molecule has 1 aliphatic heterocycles. The van der Waals surface area contributed by atoms with Crippen molar-refractivity contribution in [1.29, 1.82) is 0 Å². The first-order chi connectivity index (χ1) is 15.6. The third-order valence-electron chi connectivity index (χ3n) is 4.80. The van der Waals surface area contributed by atoms with Crippen molar-refractivity contribution in [2.75, 3.05) is 31.1 Å². The maximum absolute atomic E-state index is 13.3. The Labute approximate surface area is 187 Å². The summed E-state index contributed by atoms with van der Waals surface area (Å²) in [5.74, 6) is -2.79. The van der Waals surface area contributed by atoms with Gasteiger partial charge in [0.1, 0.15) is 5.82 Å². The zero-order valence-corrected chi connectivity index (χ0v) is 17.5. The Morgan fingerprint density at radius 3 is 2.55 bits per heavy atom. The van der Waals surface area contributed by atoms with Crippen molar-refractivity contribution in [1.82, 2.24) is 30.1 Å². The minimum absolute atomic E-state index is 0.148. The van der Waals surface area contributed by atoms with Crippen LogP contribution in [-0.4, -0.2) is 73.3 Å². The van der Waals surface area contributed by atoms with E-state index < -0.39 is 41.5 Å². The van der Waals surface area contributed by atoms with E-state index in [0.717, 1.165) is 16.9 Å². The monoisotopic (exact) mass is 485 g/mol. The fourth-order valence-corrected chi connectivity index (χ4v) is 4.15. The van der Waals surface area contributed by atoms with E-state index in [2.05, 4.69) is 20.4 Å². The highest BCUT2D eigenvalue weighted by atomic mass is 32.1. The summed E-state index contributed by atoms with van der Waals surface area (Å²) in [6, 6.07) is 2.00. The maximum atomic E-state index is 13.3. The van der Waals surface area contributed by atoms with Crippen molar-refractivity contribution in [3.05, 3.63) is 41.3 Å². The Morgan fingerprint density at radius 2 is 1.88 bits per heavy atom. The van der Waals surface area contributed by atoms with E-state index in [4.69, 9.17) is 5.11 Å². The Hall–Kier alpha value is -3.62. The van der Waals surface area contributed by atoms with Gasteiger partial charge in [-0.2, -0.15) is 18.0 Å². The second kappa shape index (κ2) is 8.73. The van der Waals surface area contributed by atoms with Gasteiger partial charge in [-0.25, -0.2) is 9.37 Å². The summed E-state index contributed by atoms with van der Waals surface area (Å²) in [4.78, 5) is 32.3. The van der Waals surface area contributed by atoms with E-state index in [-0.39, 0.29) is 18.9 Å². The summed E-state index contributed by atoms with van der Waals surface area (Å²) in [6.45, 7) is 0.504. The number of rotatable bonds is 5. The fraction of sp³-hybridized carbons (Fsp3) is 0.333. The molecule has 2 aromatic heterocycles. The molecule has 0 spiro atoms. The van der Waals surface area contributed by atoms with Gasteiger partial charge in [-0.05, 0) is 23.4 Å². The lowest BCUT2D eigenvalue weighted by Gasteiger charge is -2.35. The van der Waals surface area contributed by atoms with E-state index in [1.165, 1.54) is 22.4 Å². The van der Waals surface area contributed by atoms with Gasteiger partial charge in [0.25, 0.3) is 5.91 Å². The first-order valence-corrected chi connectivity index (χ1v) is 10.3. The lowest BCUT2D eigenvalue weighted by atomic mass is 10.0. The number of nitrogens with zero attached hydrogens (tertiary/aromatic N) is 7. The summed E-state index contributed by atoms with van der Waals surface area (Å²) in [6.07, 6.45) is -3.35. The van der Waals surface area contributed by atoms with Crippen LogP contribution in [0.25, 0.3) is 10.7 Å². The Balaban J connectivity index is 1.42. The second-order valence-electron chi connectivity index (χ2n) is 7.01. The highest BCUT2D eigenvalue weighted by Crippen LogP contribution is 2.34. The SMILES string of the molecule is O=C(O)Cn1nnc(-c2cnc(N3CCN(C(=O)c4ccc(F)cc4C(F)(F)F)CC3)s2)n1. The van der Waals surface area contributed by atoms with E-state index in [9.17, 15) is 27.2 Å². The van der Waals surface area contributed by atoms with Crippen LogP contribution < -0.4 is 4.90 Å². The highest BCUT2D eigenvalue weighted by Gasteiger charge is 2.37. The molecule has 1 fully saturated rings. The van der Waals surface area contributed by atoms with Crippen LogP contribution in [0.5, 0.6) is 0 Å². The van der Waals surface area contributed by atoms with Crippen molar-refractivity contribution >= 4 is 28.3 Å². The molecule has 15 heteroatoms. The van der Waals surface area contributed by atoms with Crippen molar-refractivity contribution < 1.29 is 32.3 Å². The normalized spacial score (nSPS) is 14.5. The lowest BCUT2D eigenvalue weighted by molar-refractivity contribution is -0.139. The van der Waals surface area contributed by atoms with Crippen LogP contribution >= 0.6 is 11.3 Å². The molecule has 1 saturated heterocycles. The van der Waals surface area contributed by atoms with E-state index in [0.29, 0.717) is 29.2 Å². The van der Waals surface area contributed by atoms with E-state index in [1.807, 2.05) is 4.90 Å². The summed E-state index contributed by atoms with van der Waals surface area (Å²) < 4.78 is 53.1. The van der Waals surface area contributed by atoms with Crippen LogP contribution in [0.1, 0.15) is 15.9 Å². The lowest BCUT2D eigenvalue weighted by Crippen LogP contribution is -2.49. The smallest absolute Gasteiger partial charge is 0.417 e. The number of carboxylic acid groups (broad SMARTS) is 1. The largest absolute Gasteiger partial charge is 0.480 e. The summed E-state index contributed by atoms with van der Waals surface area (Å²) in [7, 11) is 0. The number of anilines is 1. The van der Waals surface area contributed by atoms with Gasteiger partial charge in [0.05, 0.1) is 22.2 Å². The molecule has 10 nitrogen and oxygen atoms in total. The van der Waals surface area contributed by atoms with Gasteiger partial charge >= 0.3 is 12.1 Å². The van der Waals surface area contributed by atoms with Gasteiger partial charge < -0.3 is 14.9 Å². The number of thiazole rings is 1. The minimum Gasteiger partial charge on any atom is -0.480 e. The molecule has 174 valence electrons. The molecular weight excluding hydrogens is 470 g/mol. The number of benzene rings is 1. The molecule has 3 aromatic rings. The van der Waals surface area contributed by atoms with Crippen molar-refractivity contribution in [3.63, 3.8) is 0 Å². The molecular formula is C18H15F4N7O3S. The molecule has 0 aliphatic carbocycles. The number of alkyl halides is 3. The second-order valence-corrected chi connectivity index (χ2v) is 8.02. The van der Waals surface area contributed by atoms with Crippen LogP contribution in [0, 0.1) is 5.82 Å². The van der Waals surface area contributed by atoms with Crippen LogP contribution in [0.2, 0.25) is 0 Å². The zero-order chi connectivity index (χ0) is 23.8. The Bertz CT molecular complexity index is 1190. The first kappa shape index (κ1) is 22.6. The number of tetrazole rings is 1. The predicted molar refractivity (Wildman–Crippen MR) is 106 cm³/mol. The molecule has 0 saturated carbocycles. The van der Waals surface area contributed by atoms with E-state index >= 15 is 0 Å². The number of amides is 1. The number of carbonyl (C=O) groups excluding carboxylic acids is 1. The Morgan fingerprint density at radius 1 is 1.15 bits per heavy atom. The molecule has 0 radical (unpaired) electrons. The first-order valence-electron chi connectivity index (χ1n) is 9.48. The molecule has 1 N–H and O–H groups in total. The van der Waals surface area contributed by atoms with Crippen LogP contribution in [-0.2, 0) is 17.5 Å². The van der Waals surface area contributed by atoms with Gasteiger partial charge in [0.15, 0.2) is 11.7 Å². The quantitative estimate of drug-likeness (QED) is 0.546. The summed E-state index contributed by atoms with van der Waals surface area (Å²) in [5.41, 5.74) is -1.90. The molecule has 1 aromatic carbocycles. The number of aliphatic carboxylic acids is 1. The molecule has 1 aliphatic rings. The van der Waals surface area contributed by atoms with Gasteiger partial charge in [-0.1, -0.05) is 11.3 Å². The third-order valence-corrected chi connectivity index (χ3v) is 5.85. The number of hydrogen-bond acceptors (Lipinski definition) is 8.